The lowest BCUT2D eigenvalue weighted by molar-refractivity contribution is -0.116. The Hall–Kier alpha value is -1.87. The third kappa shape index (κ3) is 2.61. The number of hydrogen-bond donors (Lipinski definition) is 1. The van der Waals surface area contributed by atoms with E-state index in [-0.39, 0.29) is 12.1 Å². The molecule has 1 N–H and O–H groups in total. The van der Waals surface area contributed by atoms with Crippen LogP contribution in [0.5, 0.6) is 0 Å². The minimum atomic E-state index is -0.349. The third-order valence-electron chi connectivity index (χ3n) is 3.86. The van der Waals surface area contributed by atoms with Crippen molar-refractivity contribution >= 4 is 51.1 Å². The number of amides is 1. The van der Waals surface area contributed by atoms with Crippen molar-refractivity contribution in [3.8, 4) is 0 Å². The van der Waals surface area contributed by atoms with Crippen LogP contribution in [-0.2, 0) is 4.79 Å². The van der Waals surface area contributed by atoms with Gasteiger partial charge >= 0.3 is 0 Å². The van der Waals surface area contributed by atoms with E-state index in [2.05, 4.69) is 39.1 Å². The first-order valence-electron chi connectivity index (χ1n) is 7.33. The number of amidine groups is 1. The highest BCUT2D eigenvalue weighted by Gasteiger charge is 2.34. The molecule has 7 heteroatoms. The molecule has 4 rings (SSSR count). The van der Waals surface area contributed by atoms with Crippen molar-refractivity contribution in [1.82, 2.24) is 10.3 Å². The minimum Gasteiger partial charge on any atom is -0.298 e. The van der Waals surface area contributed by atoms with Gasteiger partial charge in [0, 0.05) is 8.79 Å². The molecule has 120 valence electrons. The summed E-state index contributed by atoms with van der Waals surface area (Å²) in [7, 11) is 0. The van der Waals surface area contributed by atoms with Gasteiger partial charge in [0.05, 0.1) is 5.36 Å². The predicted octanol–water partition coefficient (Wildman–Crippen LogP) is 1.80. The van der Waals surface area contributed by atoms with Crippen molar-refractivity contribution in [2.45, 2.75) is 6.17 Å². The summed E-state index contributed by atoms with van der Waals surface area (Å²) in [4.78, 5) is 17.5. The van der Waals surface area contributed by atoms with Gasteiger partial charge < -0.3 is 0 Å². The van der Waals surface area contributed by atoms with E-state index in [9.17, 15) is 4.79 Å². The molecule has 0 fully saturated rings. The molecule has 24 heavy (non-hydrogen) atoms. The van der Waals surface area contributed by atoms with Crippen molar-refractivity contribution in [3.63, 3.8) is 0 Å². The van der Waals surface area contributed by atoms with E-state index in [0.717, 1.165) is 19.7 Å². The average Bonchev–Trinajstić information content (AvgIpc) is 2.60. The molecule has 0 bridgehead atoms. The number of halogens is 1. The van der Waals surface area contributed by atoms with Crippen LogP contribution in [0.2, 0.25) is 0 Å². The molecule has 0 saturated heterocycles. The summed E-state index contributed by atoms with van der Waals surface area (Å²) in [6.07, 6.45) is 1.54. The number of benzene rings is 2. The van der Waals surface area contributed by atoms with E-state index in [1.165, 1.54) is 11.8 Å². The summed E-state index contributed by atoms with van der Waals surface area (Å²) in [5, 5.41) is 11.4. The van der Waals surface area contributed by atoms with E-state index in [1.54, 1.807) is 5.01 Å². The zero-order chi connectivity index (χ0) is 16.7. The topological polar surface area (TPSA) is 57.1 Å². The summed E-state index contributed by atoms with van der Waals surface area (Å²) in [6, 6.07) is 15.8. The minimum absolute atomic E-state index is 0.146. The van der Waals surface area contributed by atoms with Crippen LogP contribution in [-0.4, -0.2) is 22.3 Å². The fourth-order valence-corrected chi connectivity index (χ4v) is 3.74. The average molecular weight is 448 g/mol. The van der Waals surface area contributed by atoms with E-state index in [4.69, 9.17) is 4.99 Å². The number of para-hydroxylation sites is 1. The Morgan fingerprint density at radius 3 is 2.83 bits per heavy atom. The highest BCUT2D eigenvalue weighted by Crippen LogP contribution is 2.30. The molecule has 1 amide bonds. The molecule has 0 aliphatic carbocycles. The third-order valence-corrected chi connectivity index (χ3v) is 5.10. The fourth-order valence-electron chi connectivity index (χ4n) is 2.80. The van der Waals surface area contributed by atoms with Crippen LogP contribution in [0.1, 0.15) is 11.7 Å². The van der Waals surface area contributed by atoms with Crippen LogP contribution >= 0.6 is 34.4 Å². The molecule has 2 aromatic carbocycles. The van der Waals surface area contributed by atoms with E-state index >= 15 is 0 Å². The summed E-state index contributed by atoms with van der Waals surface area (Å²) in [5.41, 5.74) is 1.55. The Morgan fingerprint density at radius 2 is 2.04 bits per heavy atom. The van der Waals surface area contributed by atoms with Gasteiger partial charge in [0.25, 0.3) is 5.91 Å². The van der Waals surface area contributed by atoms with Crippen LogP contribution < -0.4 is 15.9 Å². The lowest BCUT2D eigenvalue weighted by Gasteiger charge is -2.33. The molecule has 2 heterocycles. The summed E-state index contributed by atoms with van der Waals surface area (Å²) in [5.74, 6) is -0.146. The Morgan fingerprint density at radius 1 is 1.21 bits per heavy atom. The molecular formula is C17H13IN4OS. The molecule has 0 saturated carbocycles. The van der Waals surface area contributed by atoms with Gasteiger partial charge in [-0.3, -0.25) is 15.1 Å². The molecule has 2 aliphatic heterocycles. The highest BCUT2D eigenvalue weighted by atomic mass is 127. The maximum atomic E-state index is 12.7. The fraction of sp³-hybridized carbons (Fsp3) is 0.118. The largest absolute Gasteiger partial charge is 0.298 e. The summed E-state index contributed by atoms with van der Waals surface area (Å²) < 4.78 is 1.12. The quantitative estimate of drug-likeness (QED) is 0.678. The zero-order valence-electron chi connectivity index (χ0n) is 12.7. The smallest absolute Gasteiger partial charge is 0.276 e. The van der Waals surface area contributed by atoms with Crippen LogP contribution in [0.25, 0.3) is 5.70 Å². The first-order valence-corrected chi connectivity index (χ1v) is 9.63. The van der Waals surface area contributed by atoms with Crippen LogP contribution in [0.3, 0.4) is 0 Å². The normalized spacial score (nSPS) is 19.0. The van der Waals surface area contributed by atoms with E-state index in [1.807, 2.05) is 48.7 Å². The monoisotopic (exact) mass is 448 g/mol. The van der Waals surface area contributed by atoms with Gasteiger partial charge in [-0.15, -0.1) is 5.10 Å². The zero-order valence-corrected chi connectivity index (χ0v) is 15.7. The first-order chi connectivity index (χ1) is 11.7. The first kappa shape index (κ1) is 15.6. The number of hydrogen-bond acceptors (Lipinski definition) is 5. The number of carbonyl (C=O) groups excluding carboxylic acids is 1. The predicted molar refractivity (Wildman–Crippen MR) is 103 cm³/mol. The van der Waals surface area contributed by atoms with Gasteiger partial charge in [0.15, 0.2) is 11.3 Å². The van der Waals surface area contributed by atoms with Crippen molar-refractivity contribution in [3.05, 3.63) is 68.2 Å². The highest BCUT2D eigenvalue weighted by molar-refractivity contribution is 14.1. The molecule has 5 nitrogen and oxygen atoms in total. The van der Waals surface area contributed by atoms with Crippen LogP contribution in [0, 0.1) is 3.57 Å². The van der Waals surface area contributed by atoms with Crippen molar-refractivity contribution in [2.75, 3.05) is 6.26 Å². The van der Waals surface area contributed by atoms with Gasteiger partial charge in [0.2, 0.25) is 0 Å². The molecule has 2 aromatic rings. The maximum Gasteiger partial charge on any atom is 0.276 e. The van der Waals surface area contributed by atoms with Gasteiger partial charge in [-0.05, 0) is 52.6 Å². The van der Waals surface area contributed by atoms with Crippen molar-refractivity contribution < 1.29 is 4.79 Å². The molecule has 1 atom stereocenters. The Balaban J connectivity index is 1.99. The van der Waals surface area contributed by atoms with Crippen molar-refractivity contribution in [1.29, 1.82) is 0 Å². The Labute approximate surface area is 156 Å². The van der Waals surface area contributed by atoms with Gasteiger partial charge in [-0.25, -0.2) is 5.01 Å². The second-order valence-corrected chi connectivity index (χ2v) is 7.37. The Bertz CT molecular complexity index is 988. The van der Waals surface area contributed by atoms with Gasteiger partial charge in [-0.2, -0.15) is 0 Å². The number of fused-ring (bicyclic) bond motifs is 2. The van der Waals surface area contributed by atoms with Gasteiger partial charge in [0.1, 0.15) is 5.70 Å². The van der Waals surface area contributed by atoms with E-state index < -0.39 is 0 Å². The van der Waals surface area contributed by atoms with Gasteiger partial charge in [-0.1, -0.05) is 42.1 Å². The molecule has 2 aliphatic rings. The number of carbonyl (C=O) groups is 1. The number of rotatable bonds is 1. The summed E-state index contributed by atoms with van der Waals surface area (Å²) in [6.45, 7) is 0. The second-order valence-electron chi connectivity index (χ2n) is 5.33. The number of hydrazone groups is 1. The van der Waals surface area contributed by atoms with Crippen LogP contribution in [0.15, 0.2) is 58.6 Å². The molecule has 0 aromatic heterocycles. The van der Waals surface area contributed by atoms with Crippen LogP contribution in [0.4, 0.5) is 0 Å². The molecule has 0 spiro atoms. The molecule has 1 unspecified atom stereocenters. The van der Waals surface area contributed by atoms with E-state index in [0.29, 0.717) is 10.9 Å². The lowest BCUT2D eigenvalue weighted by atomic mass is 10.1. The Kier molecular flexibility index (Phi) is 4.05. The molecular weight excluding hydrogens is 435 g/mol. The van der Waals surface area contributed by atoms with Crippen molar-refractivity contribution in [2.24, 2.45) is 10.1 Å². The number of thioether (sulfide) groups is 1. The molecule has 0 radical (unpaired) electrons. The second kappa shape index (κ2) is 6.21. The maximum absolute atomic E-state index is 12.7. The standard InChI is InChI=1S/C17H13IN4OS/c1-24-17-20-16(23)14-12-7-2-3-8-13(12)19-15(22(14)21-17)10-5-4-6-11(18)9-10/h2-9,15H,1H3,(H,20,21,23). The number of nitrogens with zero attached hydrogens (tertiary/aromatic N) is 3. The summed E-state index contributed by atoms with van der Waals surface area (Å²) >= 11 is 3.69. The lowest BCUT2D eigenvalue weighted by Crippen LogP contribution is -2.50. The number of nitrogens with one attached hydrogen (secondary N) is 1. The SMILES string of the molecule is CSC1=NN2C(=c3ccccc3=NC2c2cccc(I)c2)C(=O)N1.